The van der Waals surface area contributed by atoms with Crippen LogP contribution in [-0.4, -0.2) is 33.3 Å². The first-order chi connectivity index (χ1) is 12.5. The molecule has 0 aliphatic carbocycles. The van der Waals surface area contributed by atoms with Crippen LogP contribution in [0.1, 0.15) is 18.1 Å². The van der Waals surface area contributed by atoms with Crippen molar-refractivity contribution in [1.82, 2.24) is 5.32 Å². The average molecular weight is 359 g/mol. The van der Waals surface area contributed by atoms with E-state index in [1.807, 2.05) is 37.3 Å². The highest BCUT2D eigenvalue weighted by molar-refractivity contribution is 5.80. The molecule has 6 nitrogen and oxygen atoms in total. The fourth-order valence-electron chi connectivity index (χ4n) is 2.50. The number of methoxy groups -OCH3 is 3. The Morgan fingerprint density at radius 1 is 0.962 bits per heavy atom. The van der Waals surface area contributed by atoms with Gasteiger partial charge in [0, 0.05) is 12.1 Å². The van der Waals surface area contributed by atoms with Crippen molar-refractivity contribution >= 4 is 5.91 Å². The van der Waals surface area contributed by atoms with E-state index in [0.29, 0.717) is 23.0 Å². The molecule has 0 unspecified atom stereocenters. The molecule has 26 heavy (non-hydrogen) atoms. The van der Waals surface area contributed by atoms with Gasteiger partial charge in [0.05, 0.1) is 21.3 Å². The molecule has 2 rings (SSSR count). The van der Waals surface area contributed by atoms with Gasteiger partial charge in [-0.05, 0) is 38.1 Å². The standard InChI is InChI=1S/C20H25NO5/c1-13-6-9-16(10-7-13)26-14(2)20(22)21-12-15-8-11-17(23-3)19(25-5)18(15)24-4/h6-11,14H,12H2,1-5H3,(H,21,22)/t14-/m1/s1. The lowest BCUT2D eigenvalue weighted by Crippen LogP contribution is -2.36. The molecule has 2 aromatic carbocycles. The van der Waals surface area contributed by atoms with Gasteiger partial charge in [0.2, 0.25) is 5.75 Å². The lowest BCUT2D eigenvalue weighted by atomic mass is 10.1. The van der Waals surface area contributed by atoms with Gasteiger partial charge in [-0.1, -0.05) is 17.7 Å². The minimum atomic E-state index is -0.621. The van der Waals surface area contributed by atoms with Crippen molar-refractivity contribution in [2.45, 2.75) is 26.5 Å². The van der Waals surface area contributed by atoms with Gasteiger partial charge in [0.25, 0.3) is 5.91 Å². The fraction of sp³-hybridized carbons (Fsp3) is 0.350. The number of carbonyl (C=O) groups excluding carboxylic acids is 1. The summed E-state index contributed by atoms with van der Waals surface area (Å²) < 4.78 is 21.7. The molecule has 0 bridgehead atoms. The number of rotatable bonds is 8. The van der Waals surface area contributed by atoms with Crippen LogP contribution in [0.2, 0.25) is 0 Å². The van der Waals surface area contributed by atoms with Crippen molar-refractivity contribution in [3.8, 4) is 23.0 Å². The maximum absolute atomic E-state index is 12.3. The summed E-state index contributed by atoms with van der Waals surface area (Å²) in [6.07, 6.45) is -0.621. The number of nitrogens with one attached hydrogen (secondary N) is 1. The quantitative estimate of drug-likeness (QED) is 0.784. The zero-order valence-electron chi connectivity index (χ0n) is 15.8. The van der Waals surface area contributed by atoms with Gasteiger partial charge in [-0.3, -0.25) is 4.79 Å². The molecule has 0 heterocycles. The first-order valence-electron chi connectivity index (χ1n) is 8.29. The van der Waals surface area contributed by atoms with Gasteiger partial charge in [-0.2, -0.15) is 0 Å². The topological polar surface area (TPSA) is 66.0 Å². The van der Waals surface area contributed by atoms with E-state index in [2.05, 4.69) is 5.32 Å². The number of ether oxygens (including phenoxy) is 4. The van der Waals surface area contributed by atoms with Crippen LogP contribution in [0.3, 0.4) is 0 Å². The zero-order valence-corrected chi connectivity index (χ0v) is 15.8. The molecule has 0 spiro atoms. The lowest BCUT2D eigenvalue weighted by molar-refractivity contribution is -0.127. The van der Waals surface area contributed by atoms with Crippen LogP contribution in [0, 0.1) is 6.92 Å². The monoisotopic (exact) mass is 359 g/mol. The SMILES string of the molecule is COc1ccc(CNC(=O)[C@@H](C)Oc2ccc(C)cc2)c(OC)c1OC. The molecule has 1 atom stereocenters. The first-order valence-corrected chi connectivity index (χ1v) is 8.29. The Morgan fingerprint density at radius 2 is 1.62 bits per heavy atom. The van der Waals surface area contributed by atoms with Gasteiger partial charge in [0.15, 0.2) is 17.6 Å². The molecule has 0 saturated carbocycles. The number of benzene rings is 2. The van der Waals surface area contributed by atoms with E-state index < -0.39 is 6.10 Å². The van der Waals surface area contributed by atoms with Crippen LogP contribution in [0.25, 0.3) is 0 Å². The van der Waals surface area contributed by atoms with E-state index in [4.69, 9.17) is 18.9 Å². The van der Waals surface area contributed by atoms with Crippen molar-refractivity contribution < 1.29 is 23.7 Å². The zero-order chi connectivity index (χ0) is 19.1. The summed E-state index contributed by atoms with van der Waals surface area (Å²) in [5.74, 6) is 2.02. The third-order valence-electron chi connectivity index (χ3n) is 3.94. The van der Waals surface area contributed by atoms with Gasteiger partial charge in [-0.15, -0.1) is 0 Å². The Hall–Kier alpha value is -2.89. The first kappa shape index (κ1) is 19.4. The smallest absolute Gasteiger partial charge is 0.261 e. The van der Waals surface area contributed by atoms with Crippen LogP contribution < -0.4 is 24.3 Å². The molecule has 0 radical (unpaired) electrons. The largest absolute Gasteiger partial charge is 0.493 e. The normalized spacial score (nSPS) is 11.4. The second kappa shape index (κ2) is 8.99. The maximum atomic E-state index is 12.3. The molecule has 1 N–H and O–H groups in total. The fourth-order valence-corrected chi connectivity index (χ4v) is 2.50. The Balaban J connectivity index is 2.03. The highest BCUT2D eigenvalue weighted by Gasteiger charge is 2.18. The lowest BCUT2D eigenvalue weighted by Gasteiger charge is -2.18. The molecule has 1 amide bonds. The van der Waals surface area contributed by atoms with Gasteiger partial charge < -0.3 is 24.3 Å². The van der Waals surface area contributed by atoms with Crippen molar-refractivity contribution in [3.63, 3.8) is 0 Å². The second-order valence-corrected chi connectivity index (χ2v) is 5.78. The predicted molar refractivity (Wildman–Crippen MR) is 99.2 cm³/mol. The third kappa shape index (κ3) is 4.59. The second-order valence-electron chi connectivity index (χ2n) is 5.78. The minimum Gasteiger partial charge on any atom is -0.493 e. The van der Waals surface area contributed by atoms with E-state index in [-0.39, 0.29) is 12.5 Å². The summed E-state index contributed by atoms with van der Waals surface area (Å²) in [4.78, 5) is 12.3. The van der Waals surface area contributed by atoms with Crippen LogP contribution >= 0.6 is 0 Å². The summed E-state index contributed by atoms with van der Waals surface area (Å²) in [7, 11) is 4.65. The van der Waals surface area contributed by atoms with Gasteiger partial charge in [0.1, 0.15) is 5.75 Å². The van der Waals surface area contributed by atoms with Gasteiger partial charge >= 0.3 is 0 Å². The van der Waals surface area contributed by atoms with E-state index >= 15 is 0 Å². The van der Waals surface area contributed by atoms with E-state index in [9.17, 15) is 4.79 Å². The molecule has 6 heteroatoms. The van der Waals surface area contributed by atoms with Crippen LogP contribution in [-0.2, 0) is 11.3 Å². The predicted octanol–water partition coefficient (Wildman–Crippen LogP) is 3.10. The number of amides is 1. The Bertz CT molecular complexity index is 743. The average Bonchev–Trinajstić information content (AvgIpc) is 2.66. The number of hydrogen-bond acceptors (Lipinski definition) is 5. The molecule has 0 aliphatic rings. The highest BCUT2D eigenvalue weighted by atomic mass is 16.5. The molecular weight excluding hydrogens is 334 g/mol. The molecule has 0 saturated heterocycles. The summed E-state index contributed by atoms with van der Waals surface area (Å²) in [6, 6.07) is 11.2. The van der Waals surface area contributed by atoms with Crippen LogP contribution in [0.5, 0.6) is 23.0 Å². The molecule has 0 fully saturated rings. The number of hydrogen-bond donors (Lipinski definition) is 1. The Kier molecular flexibility index (Phi) is 6.72. The Labute approximate surface area is 154 Å². The summed E-state index contributed by atoms with van der Waals surface area (Å²) in [6.45, 7) is 3.99. The van der Waals surface area contributed by atoms with Crippen LogP contribution in [0.4, 0.5) is 0 Å². The summed E-state index contributed by atoms with van der Waals surface area (Å²) in [5, 5.41) is 2.85. The number of carbonyl (C=O) groups is 1. The van der Waals surface area contributed by atoms with Crippen molar-refractivity contribution in [3.05, 3.63) is 47.5 Å². The van der Waals surface area contributed by atoms with E-state index in [1.165, 1.54) is 0 Å². The summed E-state index contributed by atoms with van der Waals surface area (Å²) >= 11 is 0. The van der Waals surface area contributed by atoms with E-state index in [0.717, 1.165) is 11.1 Å². The number of aryl methyl sites for hydroxylation is 1. The molecule has 0 aromatic heterocycles. The van der Waals surface area contributed by atoms with Crippen molar-refractivity contribution in [2.75, 3.05) is 21.3 Å². The molecular formula is C20H25NO5. The van der Waals surface area contributed by atoms with E-state index in [1.54, 1.807) is 34.3 Å². The molecule has 140 valence electrons. The highest BCUT2D eigenvalue weighted by Crippen LogP contribution is 2.39. The van der Waals surface area contributed by atoms with Crippen molar-refractivity contribution in [1.29, 1.82) is 0 Å². The van der Waals surface area contributed by atoms with Gasteiger partial charge in [-0.25, -0.2) is 0 Å². The van der Waals surface area contributed by atoms with Crippen molar-refractivity contribution in [2.24, 2.45) is 0 Å². The third-order valence-corrected chi connectivity index (χ3v) is 3.94. The molecule has 0 aliphatic heterocycles. The van der Waals surface area contributed by atoms with Crippen LogP contribution in [0.15, 0.2) is 36.4 Å². The molecule has 2 aromatic rings. The minimum absolute atomic E-state index is 0.220. The maximum Gasteiger partial charge on any atom is 0.261 e. The summed E-state index contributed by atoms with van der Waals surface area (Å²) in [5.41, 5.74) is 1.91. The Morgan fingerprint density at radius 3 is 2.19 bits per heavy atom.